The Morgan fingerprint density at radius 3 is 2.29 bits per heavy atom. The average molecular weight is 327 g/mol. The van der Waals surface area contributed by atoms with Crippen molar-refractivity contribution in [2.45, 2.75) is 12.8 Å². The van der Waals surface area contributed by atoms with Gasteiger partial charge in [-0.15, -0.1) is 0 Å². The number of para-hydroxylation sites is 1. The molecule has 2 rings (SSSR count). The van der Waals surface area contributed by atoms with Crippen LogP contribution in [-0.4, -0.2) is 12.4 Å². The minimum absolute atomic E-state index is 0.0520. The molecule has 0 atom stereocenters. The quantitative estimate of drug-likeness (QED) is 0.540. The van der Waals surface area contributed by atoms with E-state index < -0.39 is 0 Å². The monoisotopic (exact) mass is 326 g/mol. The first kappa shape index (κ1) is 15.8. The average Bonchev–Trinajstić information content (AvgIpc) is 2.46. The molecule has 0 aliphatic rings. The summed E-state index contributed by atoms with van der Waals surface area (Å²) < 4.78 is 18.3. The van der Waals surface area contributed by atoms with Crippen molar-refractivity contribution in [3.8, 4) is 5.75 Å². The lowest BCUT2D eigenvalue weighted by Gasteiger charge is -2.09. The van der Waals surface area contributed by atoms with Crippen molar-refractivity contribution in [3.05, 3.63) is 63.9 Å². The van der Waals surface area contributed by atoms with Crippen LogP contribution in [0.4, 0.5) is 4.39 Å². The van der Waals surface area contributed by atoms with Gasteiger partial charge in [-0.1, -0.05) is 29.3 Å². The summed E-state index contributed by atoms with van der Waals surface area (Å²) >= 11 is 11.9. The van der Waals surface area contributed by atoms with Crippen molar-refractivity contribution in [3.63, 3.8) is 0 Å². The minimum atomic E-state index is -0.358. The topological polar surface area (TPSA) is 26.3 Å². The zero-order valence-electron chi connectivity index (χ0n) is 11.1. The molecule has 0 aromatic heterocycles. The van der Waals surface area contributed by atoms with Crippen LogP contribution in [0.2, 0.25) is 10.0 Å². The Morgan fingerprint density at radius 1 is 1.05 bits per heavy atom. The Balaban J connectivity index is 1.82. The highest BCUT2D eigenvalue weighted by Gasteiger charge is 2.08. The van der Waals surface area contributed by atoms with E-state index in [2.05, 4.69) is 0 Å². The normalized spacial score (nSPS) is 10.4. The molecule has 0 fully saturated rings. The first-order valence-corrected chi connectivity index (χ1v) is 7.19. The molecule has 2 aromatic rings. The maximum absolute atomic E-state index is 12.8. The number of ketones is 1. The van der Waals surface area contributed by atoms with Crippen molar-refractivity contribution in [2.24, 2.45) is 0 Å². The van der Waals surface area contributed by atoms with E-state index in [1.165, 1.54) is 24.3 Å². The Labute approximate surface area is 132 Å². The van der Waals surface area contributed by atoms with Crippen LogP contribution in [0.15, 0.2) is 42.5 Å². The van der Waals surface area contributed by atoms with Gasteiger partial charge in [-0.2, -0.15) is 0 Å². The number of carbonyl (C=O) groups is 1. The van der Waals surface area contributed by atoms with E-state index in [1.54, 1.807) is 18.2 Å². The van der Waals surface area contributed by atoms with E-state index in [4.69, 9.17) is 27.9 Å². The molecule has 0 saturated heterocycles. The largest absolute Gasteiger partial charge is 0.490 e. The van der Waals surface area contributed by atoms with Crippen molar-refractivity contribution >= 4 is 29.0 Å². The number of ether oxygens (including phenoxy) is 1. The summed E-state index contributed by atoms with van der Waals surface area (Å²) in [6, 6.07) is 10.6. The molecule has 0 radical (unpaired) electrons. The predicted octanol–water partition coefficient (Wildman–Crippen LogP) is 5.17. The summed E-state index contributed by atoms with van der Waals surface area (Å²) in [5.74, 6) is 0.0159. The van der Waals surface area contributed by atoms with Crippen molar-refractivity contribution < 1.29 is 13.9 Å². The van der Waals surface area contributed by atoms with Gasteiger partial charge in [0.2, 0.25) is 0 Å². The SMILES string of the molecule is O=C(CCCOc1c(Cl)cccc1Cl)c1ccc(F)cc1. The fourth-order valence-electron chi connectivity index (χ4n) is 1.81. The smallest absolute Gasteiger partial charge is 0.163 e. The molecule has 21 heavy (non-hydrogen) atoms. The van der Waals surface area contributed by atoms with Crippen LogP contribution >= 0.6 is 23.2 Å². The van der Waals surface area contributed by atoms with E-state index in [1.807, 2.05) is 0 Å². The molecular formula is C16H13Cl2FO2. The molecule has 0 N–H and O–H groups in total. The van der Waals surface area contributed by atoms with Gasteiger partial charge in [-0.3, -0.25) is 4.79 Å². The number of rotatable bonds is 6. The maximum atomic E-state index is 12.8. The summed E-state index contributed by atoms with van der Waals surface area (Å²) in [7, 11) is 0. The second kappa shape index (κ2) is 7.43. The first-order valence-electron chi connectivity index (χ1n) is 6.43. The van der Waals surface area contributed by atoms with Gasteiger partial charge >= 0.3 is 0 Å². The number of benzene rings is 2. The van der Waals surface area contributed by atoms with E-state index in [-0.39, 0.29) is 11.6 Å². The molecule has 0 heterocycles. The van der Waals surface area contributed by atoms with Crippen molar-refractivity contribution in [1.29, 1.82) is 0 Å². The fraction of sp³-hybridized carbons (Fsp3) is 0.188. The first-order chi connectivity index (χ1) is 10.1. The van der Waals surface area contributed by atoms with Crippen LogP contribution in [0, 0.1) is 5.82 Å². The molecule has 0 amide bonds. The van der Waals surface area contributed by atoms with Gasteiger partial charge in [-0.05, 0) is 42.8 Å². The van der Waals surface area contributed by atoms with Gasteiger partial charge in [0, 0.05) is 12.0 Å². The van der Waals surface area contributed by atoms with Gasteiger partial charge in [0.05, 0.1) is 16.7 Å². The number of Topliss-reactive ketones (excluding diaryl/α,β-unsaturated/α-hetero) is 1. The Kier molecular flexibility index (Phi) is 5.59. The number of hydrogen-bond donors (Lipinski definition) is 0. The van der Waals surface area contributed by atoms with Gasteiger partial charge in [0.25, 0.3) is 0 Å². The van der Waals surface area contributed by atoms with Gasteiger partial charge in [-0.25, -0.2) is 4.39 Å². The molecule has 5 heteroatoms. The third-order valence-corrected chi connectivity index (χ3v) is 3.47. The highest BCUT2D eigenvalue weighted by Crippen LogP contribution is 2.32. The van der Waals surface area contributed by atoms with Crippen LogP contribution in [0.25, 0.3) is 0 Å². The van der Waals surface area contributed by atoms with E-state index in [0.29, 0.717) is 40.8 Å². The zero-order valence-corrected chi connectivity index (χ0v) is 12.6. The van der Waals surface area contributed by atoms with Crippen LogP contribution < -0.4 is 4.74 Å². The Bertz CT molecular complexity index is 606. The molecular weight excluding hydrogens is 314 g/mol. The lowest BCUT2D eigenvalue weighted by atomic mass is 10.1. The summed E-state index contributed by atoms with van der Waals surface area (Å²) in [4.78, 5) is 11.9. The van der Waals surface area contributed by atoms with Crippen LogP contribution in [0.1, 0.15) is 23.2 Å². The molecule has 110 valence electrons. The lowest BCUT2D eigenvalue weighted by Crippen LogP contribution is -2.04. The highest BCUT2D eigenvalue weighted by atomic mass is 35.5. The van der Waals surface area contributed by atoms with E-state index in [9.17, 15) is 9.18 Å². The summed E-state index contributed by atoms with van der Waals surface area (Å²) in [6.45, 7) is 0.330. The molecule has 0 aliphatic carbocycles. The van der Waals surface area contributed by atoms with Crippen molar-refractivity contribution in [2.75, 3.05) is 6.61 Å². The molecule has 2 aromatic carbocycles. The number of halogens is 3. The molecule has 0 saturated carbocycles. The molecule has 2 nitrogen and oxygen atoms in total. The van der Waals surface area contributed by atoms with E-state index in [0.717, 1.165) is 0 Å². The third kappa shape index (κ3) is 4.45. The third-order valence-electron chi connectivity index (χ3n) is 2.88. The van der Waals surface area contributed by atoms with Crippen LogP contribution in [0.5, 0.6) is 5.75 Å². The lowest BCUT2D eigenvalue weighted by molar-refractivity contribution is 0.0973. The van der Waals surface area contributed by atoms with E-state index >= 15 is 0 Å². The Hall–Kier alpha value is -1.58. The Morgan fingerprint density at radius 2 is 1.67 bits per heavy atom. The van der Waals surface area contributed by atoms with Crippen molar-refractivity contribution in [1.82, 2.24) is 0 Å². The maximum Gasteiger partial charge on any atom is 0.163 e. The molecule has 0 aliphatic heterocycles. The molecule has 0 spiro atoms. The summed E-state index contributed by atoms with van der Waals surface area (Å²) in [5, 5.41) is 0.875. The molecule has 0 bridgehead atoms. The van der Waals surface area contributed by atoms with Gasteiger partial charge in [0.1, 0.15) is 5.82 Å². The van der Waals surface area contributed by atoms with Crippen LogP contribution in [-0.2, 0) is 0 Å². The molecule has 0 unspecified atom stereocenters. The van der Waals surface area contributed by atoms with Gasteiger partial charge in [0.15, 0.2) is 11.5 Å². The highest BCUT2D eigenvalue weighted by molar-refractivity contribution is 6.37. The fourth-order valence-corrected chi connectivity index (χ4v) is 2.31. The minimum Gasteiger partial charge on any atom is -0.490 e. The second-order valence-electron chi connectivity index (χ2n) is 4.43. The second-order valence-corrected chi connectivity index (χ2v) is 5.25. The predicted molar refractivity (Wildman–Crippen MR) is 81.9 cm³/mol. The number of hydrogen-bond acceptors (Lipinski definition) is 2. The summed E-state index contributed by atoms with van der Waals surface area (Å²) in [6.07, 6.45) is 0.839. The van der Waals surface area contributed by atoms with Crippen LogP contribution in [0.3, 0.4) is 0 Å². The van der Waals surface area contributed by atoms with Gasteiger partial charge < -0.3 is 4.74 Å². The number of carbonyl (C=O) groups excluding carboxylic acids is 1. The summed E-state index contributed by atoms with van der Waals surface area (Å²) in [5.41, 5.74) is 0.493. The zero-order chi connectivity index (χ0) is 15.2. The standard InChI is InChI=1S/C16H13Cl2FO2/c17-13-3-1-4-14(18)16(13)21-10-2-5-15(20)11-6-8-12(19)9-7-11/h1,3-4,6-9H,2,5,10H2.